The lowest BCUT2D eigenvalue weighted by molar-refractivity contribution is 0.100. The van der Waals surface area contributed by atoms with Crippen molar-refractivity contribution in [3.63, 3.8) is 0 Å². The van der Waals surface area contributed by atoms with E-state index < -0.39 is 17.2 Å². The predicted molar refractivity (Wildman–Crippen MR) is 129 cm³/mol. The number of amides is 1. The number of aromatic nitrogens is 2. The monoisotopic (exact) mass is 464 g/mol. The Morgan fingerprint density at radius 3 is 2.66 bits per heavy atom. The van der Waals surface area contributed by atoms with Gasteiger partial charge in [-0.15, -0.1) is 11.3 Å². The van der Waals surface area contributed by atoms with E-state index in [9.17, 15) is 14.4 Å². The fourth-order valence-electron chi connectivity index (χ4n) is 3.99. The molecule has 1 aliphatic heterocycles. The summed E-state index contributed by atoms with van der Waals surface area (Å²) in [7, 11) is 0. The van der Waals surface area contributed by atoms with Crippen LogP contribution >= 0.6 is 23.3 Å². The van der Waals surface area contributed by atoms with Gasteiger partial charge in [0.25, 0.3) is 11.5 Å². The SMILES string of the molecule is NC(=O)c1sc(SN2CCCCc3ccccc32)cc1-n1c(=O)[nH]c2ccccc2c1=O. The van der Waals surface area contributed by atoms with Gasteiger partial charge in [-0.05, 0) is 61.0 Å². The van der Waals surface area contributed by atoms with Gasteiger partial charge < -0.3 is 15.0 Å². The number of hydrogen-bond donors (Lipinski definition) is 2. The molecule has 5 rings (SSSR count). The minimum absolute atomic E-state index is 0.179. The van der Waals surface area contributed by atoms with Crippen molar-refractivity contribution in [2.75, 3.05) is 10.8 Å². The van der Waals surface area contributed by atoms with E-state index in [1.807, 2.05) is 12.1 Å². The highest BCUT2D eigenvalue weighted by Gasteiger charge is 2.23. The molecule has 0 saturated heterocycles. The molecule has 2 aromatic carbocycles. The summed E-state index contributed by atoms with van der Waals surface area (Å²) in [5.74, 6) is -0.674. The third-order valence-electron chi connectivity index (χ3n) is 5.48. The zero-order valence-electron chi connectivity index (χ0n) is 17.0. The largest absolute Gasteiger partial charge is 0.365 e. The molecule has 7 nitrogen and oxygen atoms in total. The average Bonchev–Trinajstić information content (AvgIpc) is 3.09. The molecule has 0 atom stereocenters. The predicted octanol–water partition coefficient (Wildman–Crippen LogP) is 3.69. The van der Waals surface area contributed by atoms with E-state index in [1.54, 1.807) is 30.3 Å². The number of anilines is 1. The van der Waals surface area contributed by atoms with Crippen LogP contribution in [0.1, 0.15) is 28.1 Å². The van der Waals surface area contributed by atoms with Crippen LogP contribution in [0, 0.1) is 0 Å². The normalized spacial score (nSPS) is 13.7. The smallest absolute Gasteiger partial charge is 0.333 e. The summed E-state index contributed by atoms with van der Waals surface area (Å²) in [5.41, 5.74) is 7.63. The van der Waals surface area contributed by atoms with Crippen LogP contribution in [0.3, 0.4) is 0 Å². The zero-order valence-corrected chi connectivity index (χ0v) is 18.7. The van der Waals surface area contributed by atoms with Crippen molar-refractivity contribution in [3.8, 4) is 5.69 Å². The molecule has 0 saturated carbocycles. The number of benzene rings is 2. The average molecular weight is 465 g/mol. The number of hydrogen-bond acceptors (Lipinski definition) is 6. The molecule has 0 fully saturated rings. The van der Waals surface area contributed by atoms with Crippen LogP contribution in [0.2, 0.25) is 0 Å². The van der Waals surface area contributed by atoms with Crippen molar-refractivity contribution in [1.82, 2.24) is 9.55 Å². The summed E-state index contributed by atoms with van der Waals surface area (Å²) in [5, 5.41) is 0.365. The minimum atomic E-state index is -0.674. The van der Waals surface area contributed by atoms with Crippen molar-refractivity contribution >= 4 is 45.8 Å². The second-order valence-electron chi connectivity index (χ2n) is 7.54. The first-order valence-electron chi connectivity index (χ1n) is 10.2. The zero-order chi connectivity index (χ0) is 22.2. The topological polar surface area (TPSA) is 101 Å². The Kier molecular flexibility index (Phi) is 5.36. The maximum absolute atomic E-state index is 13.1. The lowest BCUT2D eigenvalue weighted by atomic mass is 10.1. The summed E-state index contributed by atoms with van der Waals surface area (Å²) in [6.45, 7) is 0.858. The molecule has 32 heavy (non-hydrogen) atoms. The number of carbonyl (C=O) groups excluding carboxylic acids is 1. The number of carbonyl (C=O) groups is 1. The lowest BCUT2D eigenvalue weighted by Crippen LogP contribution is -2.34. The van der Waals surface area contributed by atoms with E-state index in [0.29, 0.717) is 10.9 Å². The first-order chi connectivity index (χ1) is 15.5. The molecule has 9 heteroatoms. The fraction of sp³-hybridized carbons (Fsp3) is 0.174. The molecular weight excluding hydrogens is 444 g/mol. The van der Waals surface area contributed by atoms with Gasteiger partial charge in [0.1, 0.15) is 4.88 Å². The van der Waals surface area contributed by atoms with E-state index in [4.69, 9.17) is 5.73 Å². The van der Waals surface area contributed by atoms with Crippen LogP contribution in [-0.2, 0) is 6.42 Å². The number of nitrogens with two attached hydrogens (primary N) is 1. The fourth-order valence-corrected chi connectivity index (χ4v) is 6.26. The molecule has 0 spiro atoms. The molecule has 2 aromatic heterocycles. The van der Waals surface area contributed by atoms with Crippen LogP contribution in [-0.4, -0.2) is 22.0 Å². The molecule has 0 unspecified atom stereocenters. The summed E-state index contributed by atoms with van der Waals surface area (Å²) in [6.07, 6.45) is 3.18. The van der Waals surface area contributed by atoms with Crippen LogP contribution < -0.4 is 21.3 Å². The molecule has 3 N–H and O–H groups in total. The number of rotatable bonds is 4. The van der Waals surface area contributed by atoms with Gasteiger partial charge in [0.15, 0.2) is 0 Å². The summed E-state index contributed by atoms with van der Waals surface area (Å²) in [4.78, 5) is 41.0. The number of aromatic amines is 1. The third-order valence-corrected chi connectivity index (χ3v) is 7.78. The van der Waals surface area contributed by atoms with Crippen molar-refractivity contribution < 1.29 is 4.79 Å². The first-order valence-corrected chi connectivity index (χ1v) is 11.8. The number of H-pyrrole nitrogens is 1. The van der Waals surface area contributed by atoms with Crippen molar-refractivity contribution in [2.45, 2.75) is 23.5 Å². The summed E-state index contributed by atoms with van der Waals surface area (Å²) in [6, 6.07) is 16.8. The highest BCUT2D eigenvalue weighted by molar-refractivity contribution is 8.02. The molecule has 1 aliphatic rings. The van der Waals surface area contributed by atoms with Crippen molar-refractivity contribution in [1.29, 1.82) is 0 Å². The van der Waals surface area contributed by atoms with Gasteiger partial charge in [-0.3, -0.25) is 9.59 Å². The van der Waals surface area contributed by atoms with Gasteiger partial charge in [-0.2, -0.15) is 0 Å². The van der Waals surface area contributed by atoms with Crippen molar-refractivity contribution in [3.05, 3.63) is 85.9 Å². The number of primary amides is 1. The van der Waals surface area contributed by atoms with Crippen LogP contribution in [0.5, 0.6) is 0 Å². The first kappa shape index (κ1) is 20.6. The number of thiophene rings is 1. The van der Waals surface area contributed by atoms with Gasteiger partial charge in [0.05, 0.1) is 26.5 Å². The molecule has 0 bridgehead atoms. The Morgan fingerprint density at radius 2 is 1.81 bits per heavy atom. The number of fused-ring (bicyclic) bond motifs is 2. The standard InChI is InChI=1S/C23H20N4O3S2/c24-21(28)20-18(27-22(29)15-9-2-3-10-16(15)25-23(27)30)13-19(31-20)32-26-12-6-5-8-14-7-1-4-11-17(14)26/h1-4,7,9-11,13H,5-6,8,12H2,(H2,24,28)(H,25,30). The van der Waals surface area contributed by atoms with E-state index in [0.717, 1.165) is 40.3 Å². The van der Waals surface area contributed by atoms with Crippen LogP contribution in [0.15, 0.2) is 68.4 Å². The van der Waals surface area contributed by atoms with Gasteiger partial charge in [-0.25, -0.2) is 9.36 Å². The van der Waals surface area contributed by atoms with Gasteiger partial charge in [-0.1, -0.05) is 30.3 Å². The molecule has 162 valence electrons. The molecule has 4 aromatic rings. The van der Waals surface area contributed by atoms with E-state index in [-0.39, 0.29) is 10.6 Å². The Hall–Kier alpha value is -3.30. The second kappa shape index (κ2) is 8.33. The molecule has 3 heterocycles. The number of para-hydroxylation sites is 2. The summed E-state index contributed by atoms with van der Waals surface area (Å²) < 4.78 is 3.99. The third kappa shape index (κ3) is 3.63. The molecule has 1 amide bonds. The Morgan fingerprint density at radius 1 is 1.03 bits per heavy atom. The Labute approximate surface area is 191 Å². The van der Waals surface area contributed by atoms with Gasteiger partial charge in [0, 0.05) is 6.54 Å². The Bertz CT molecular complexity index is 1450. The maximum Gasteiger partial charge on any atom is 0.333 e. The lowest BCUT2D eigenvalue weighted by Gasteiger charge is -2.22. The van der Waals surface area contributed by atoms with Crippen LogP contribution in [0.25, 0.3) is 16.6 Å². The van der Waals surface area contributed by atoms with Gasteiger partial charge >= 0.3 is 5.69 Å². The Balaban J connectivity index is 1.61. The maximum atomic E-state index is 13.1. The van der Waals surface area contributed by atoms with E-state index >= 15 is 0 Å². The second-order valence-corrected chi connectivity index (χ2v) is 9.91. The van der Waals surface area contributed by atoms with E-state index in [1.165, 1.54) is 28.8 Å². The van der Waals surface area contributed by atoms with Crippen LogP contribution in [0.4, 0.5) is 5.69 Å². The number of nitrogens with zero attached hydrogens (tertiary/aromatic N) is 2. The molecule has 0 aliphatic carbocycles. The quantitative estimate of drug-likeness (QED) is 0.449. The number of nitrogens with one attached hydrogen (secondary N) is 1. The summed E-state index contributed by atoms with van der Waals surface area (Å²) >= 11 is 2.69. The van der Waals surface area contributed by atoms with Gasteiger partial charge in [0.2, 0.25) is 0 Å². The number of aryl methyl sites for hydroxylation is 1. The van der Waals surface area contributed by atoms with E-state index in [2.05, 4.69) is 21.4 Å². The minimum Gasteiger partial charge on any atom is -0.365 e. The molecule has 0 radical (unpaired) electrons. The van der Waals surface area contributed by atoms with Crippen molar-refractivity contribution in [2.24, 2.45) is 5.73 Å². The highest BCUT2D eigenvalue weighted by atomic mass is 32.2. The highest BCUT2D eigenvalue weighted by Crippen LogP contribution is 2.39. The molecular formula is C23H20N4O3S2.